The second-order valence-corrected chi connectivity index (χ2v) is 10.9. The zero-order chi connectivity index (χ0) is 21.9. The van der Waals surface area contributed by atoms with Gasteiger partial charge in [0.2, 0.25) is 0 Å². The molecular weight excluding hydrogens is 406 g/mol. The summed E-state index contributed by atoms with van der Waals surface area (Å²) >= 11 is 0. The van der Waals surface area contributed by atoms with Crippen LogP contribution in [0.5, 0.6) is 0 Å². The van der Waals surface area contributed by atoms with Crippen LogP contribution in [0, 0.1) is 11.3 Å². The second kappa shape index (κ2) is 8.92. The number of amides is 1. The van der Waals surface area contributed by atoms with Crippen molar-refractivity contribution < 1.29 is 22.7 Å². The molecule has 2 saturated heterocycles. The van der Waals surface area contributed by atoms with Crippen molar-refractivity contribution in [1.82, 2.24) is 9.80 Å². The van der Waals surface area contributed by atoms with Gasteiger partial charge in [-0.25, -0.2) is 13.2 Å². The number of sulfone groups is 1. The molecule has 2 aliphatic heterocycles. The predicted octanol–water partition coefficient (Wildman–Crippen LogP) is 2.04. The fourth-order valence-electron chi connectivity index (χ4n) is 3.77. The molecule has 9 heteroatoms. The van der Waals surface area contributed by atoms with Crippen molar-refractivity contribution in [3.8, 4) is 6.07 Å². The molecule has 0 spiro atoms. The Labute approximate surface area is 178 Å². The molecule has 2 atom stereocenters. The van der Waals surface area contributed by atoms with Crippen molar-refractivity contribution in [3.63, 3.8) is 0 Å². The first-order valence-corrected chi connectivity index (χ1v) is 11.8. The summed E-state index contributed by atoms with van der Waals surface area (Å²) in [6.45, 7) is 8.47. The smallest absolute Gasteiger partial charge is 0.410 e. The third-order valence-corrected chi connectivity index (χ3v) is 6.85. The molecule has 0 radical (unpaired) electrons. The Morgan fingerprint density at radius 3 is 2.30 bits per heavy atom. The Kier molecular flexibility index (Phi) is 6.70. The lowest BCUT2D eigenvalue weighted by Crippen LogP contribution is -2.61. The molecule has 0 saturated carbocycles. The number of ether oxygens (including phenoxy) is 2. The first-order chi connectivity index (χ1) is 14.1. The Morgan fingerprint density at radius 2 is 1.77 bits per heavy atom. The summed E-state index contributed by atoms with van der Waals surface area (Å²) in [5.74, 6) is 0.0512. The largest absolute Gasteiger partial charge is 0.444 e. The van der Waals surface area contributed by atoms with E-state index in [1.54, 1.807) is 4.90 Å². The van der Waals surface area contributed by atoms with Gasteiger partial charge < -0.3 is 14.4 Å². The Morgan fingerprint density at radius 1 is 1.17 bits per heavy atom. The van der Waals surface area contributed by atoms with E-state index in [4.69, 9.17) is 14.7 Å². The summed E-state index contributed by atoms with van der Waals surface area (Å²) in [6.07, 6.45) is 0.000410. The molecule has 30 heavy (non-hydrogen) atoms. The molecule has 2 fully saturated rings. The van der Waals surface area contributed by atoms with E-state index in [9.17, 15) is 13.2 Å². The topological polar surface area (TPSA) is 99.9 Å². The van der Waals surface area contributed by atoms with Gasteiger partial charge in [0.1, 0.15) is 5.60 Å². The van der Waals surface area contributed by atoms with Crippen LogP contribution in [0.3, 0.4) is 0 Å². The number of nitrogens with zero attached hydrogens (tertiary/aromatic N) is 3. The van der Waals surface area contributed by atoms with E-state index in [2.05, 4.69) is 4.90 Å². The molecule has 2 bridgehead atoms. The molecule has 2 aliphatic rings. The molecule has 3 rings (SSSR count). The maximum atomic E-state index is 12.5. The Balaban J connectivity index is 1.48. The van der Waals surface area contributed by atoms with E-state index in [0.717, 1.165) is 0 Å². The normalized spacial score (nSPS) is 22.4. The van der Waals surface area contributed by atoms with Gasteiger partial charge in [-0.1, -0.05) is 0 Å². The highest BCUT2D eigenvalue weighted by Gasteiger charge is 2.38. The van der Waals surface area contributed by atoms with Crippen LogP contribution in [0.2, 0.25) is 0 Å². The maximum absolute atomic E-state index is 12.5. The fraction of sp³-hybridized carbons (Fsp3) is 0.619. The SMILES string of the molecule is CC(C)(C)OC(=O)N1CC2CN(CCCS(=O)(=O)c3ccc(C#N)cc3)CC(C1)O2. The van der Waals surface area contributed by atoms with Crippen LogP contribution in [-0.2, 0) is 19.3 Å². The summed E-state index contributed by atoms with van der Waals surface area (Å²) in [4.78, 5) is 16.5. The van der Waals surface area contributed by atoms with Crippen LogP contribution in [0.1, 0.15) is 32.8 Å². The molecule has 8 nitrogen and oxygen atoms in total. The number of carbonyl (C=O) groups excluding carboxylic acids is 1. The summed E-state index contributed by atoms with van der Waals surface area (Å²) < 4.78 is 36.5. The third-order valence-electron chi connectivity index (χ3n) is 5.04. The monoisotopic (exact) mass is 435 g/mol. The number of carbonyl (C=O) groups is 1. The fourth-order valence-corrected chi connectivity index (χ4v) is 5.06. The summed E-state index contributed by atoms with van der Waals surface area (Å²) in [5.41, 5.74) is -0.0917. The van der Waals surface area contributed by atoms with E-state index in [-0.39, 0.29) is 28.9 Å². The molecule has 0 aliphatic carbocycles. The first kappa shape index (κ1) is 22.5. The van der Waals surface area contributed by atoms with E-state index in [1.165, 1.54) is 24.3 Å². The number of nitriles is 1. The number of hydrogen-bond donors (Lipinski definition) is 0. The number of benzene rings is 1. The van der Waals surface area contributed by atoms with Gasteiger partial charge in [0.15, 0.2) is 9.84 Å². The van der Waals surface area contributed by atoms with Crippen molar-refractivity contribution in [1.29, 1.82) is 5.26 Å². The van der Waals surface area contributed by atoms with Gasteiger partial charge in [-0.05, 0) is 58.0 Å². The van der Waals surface area contributed by atoms with Gasteiger partial charge in [0.25, 0.3) is 0 Å². The lowest BCUT2D eigenvalue weighted by Gasteiger charge is -2.45. The number of morpholine rings is 2. The van der Waals surface area contributed by atoms with E-state index in [0.29, 0.717) is 44.7 Å². The number of hydrogen-bond acceptors (Lipinski definition) is 7. The second-order valence-electron chi connectivity index (χ2n) is 8.83. The molecule has 2 heterocycles. The van der Waals surface area contributed by atoms with Gasteiger partial charge in [0, 0.05) is 13.1 Å². The van der Waals surface area contributed by atoms with E-state index in [1.807, 2.05) is 26.8 Å². The highest BCUT2D eigenvalue weighted by Crippen LogP contribution is 2.22. The van der Waals surface area contributed by atoms with Crippen LogP contribution in [0.4, 0.5) is 4.79 Å². The van der Waals surface area contributed by atoms with Crippen molar-refractivity contribution in [2.45, 2.75) is 49.9 Å². The number of fused-ring (bicyclic) bond motifs is 2. The zero-order valence-electron chi connectivity index (χ0n) is 17.7. The summed E-state index contributed by atoms with van der Waals surface area (Å²) in [6, 6.07) is 8.00. The predicted molar refractivity (Wildman–Crippen MR) is 111 cm³/mol. The highest BCUT2D eigenvalue weighted by molar-refractivity contribution is 7.91. The number of rotatable bonds is 5. The lowest BCUT2D eigenvalue weighted by molar-refractivity contribution is -0.136. The van der Waals surface area contributed by atoms with Crippen molar-refractivity contribution in [2.24, 2.45) is 0 Å². The van der Waals surface area contributed by atoms with Crippen LogP contribution in [-0.4, -0.2) is 80.6 Å². The van der Waals surface area contributed by atoms with Gasteiger partial charge in [-0.3, -0.25) is 4.90 Å². The average molecular weight is 436 g/mol. The van der Waals surface area contributed by atoms with Crippen molar-refractivity contribution in [2.75, 3.05) is 38.5 Å². The van der Waals surface area contributed by atoms with Crippen molar-refractivity contribution in [3.05, 3.63) is 29.8 Å². The molecular formula is C21H29N3O5S. The highest BCUT2D eigenvalue weighted by atomic mass is 32.2. The van der Waals surface area contributed by atoms with E-state index >= 15 is 0 Å². The van der Waals surface area contributed by atoms with Crippen LogP contribution < -0.4 is 0 Å². The van der Waals surface area contributed by atoms with Crippen LogP contribution in [0.15, 0.2) is 29.2 Å². The van der Waals surface area contributed by atoms with Crippen LogP contribution in [0.25, 0.3) is 0 Å². The minimum Gasteiger partial charge on any atom is -0.444 e. The van der Waals surface area contributed by atoms with Crippen molar-refractivity contribution >= 4 is 15.9 Å². The van der Waals surface area contributed by atoms with Gasteiger partial charge in [-0.15, -0.1) is 0 Å². The van der Waals surface area contributed by atoms with E-state index < -0.39 is 15.4 Å². The Bertz CT molecular complexity index is 888. The zero-order valence-corrected chi connectivity index (χ0v) is 18.5. The quantitative estimate of drug-likeness (QED) is 0.698. The van der Waals surface area contributed by atoms with Gasteiger partial charge in [0.05, 0.1) is 47.6 Å². The third kappa shape index (κ3) is 5.94. The lowest BCUT2D eigenvalue weighted by atomic mass is 10.1. The molecule has 1 aromatic rings. The molecule has 164 valence electrons. The van der Waals surface area contributed by atoms with Gasteiger partial charge >= 0.3 is 6.09 Å². The molecule has 1 amide bonds. The standard InChI is InChI=1S/C21H29N3O5S/c1-21(2,3)29-20(25)24-14-17-12-23(13-18(15-24)28-17)9-4-10-30(26,27)19-7-5-16(11-22)6-8-19/h5-8,17-18H,4,9-10,12-15H2,1-3H3. The van der Waals surface area contributed by atoms with Crippen LogP contribution >= 0.6 is 0 Å². The first-order valence-electron chi connectivity index (χ1n) is 10.1. The average Bonchev–Trinajstić information content (AvgIpc) is 2.66. The summed E-state index contributed by atoms with van der Waals surface area (Å²) in [5, 5.41) is 8.84. The maximum Gasteiger partial charge on any atom is 0.410 e. The molecule has 0 N–H and O–H groups in total. The minimum absolute atomic E-state index is 0.0512. The molecule has 0 aromatic heterocycles. The molecule has 1 aromatic carbocycles. The van der Waals surface area contributed by atoms with Gasteiger partial charge in [-0.2, -0.15) is 5.26 Å². The summed E-state index contributed by atoms with van der Waals surface area (Å²) in [7, 11) is -3.38. The molecule has 2 unspecified atom stereocenters. The minimum atomic E-state index is -3.38. The Hall–Kier alpha value is -2.15.